The first-order chi connectivity index (χ1) is 6.26. The maximum absolute atomic E-state index is 5.59. The summed E-state index contributed by atoms with van der Waals surface area (Å²) in [5, 5.41) is 3.36. The molecule has 1 rings (SSSR count). The lowest BCUT2D eigenvalue weighted by atomic mass is 10.2. The van der Waals surface area contributed by atoms with E-state index in [0.29, 0.717) is 12.6 Å². The minimum atomic E-state index is 0.370. The predicted octanol–water partition coefficient (Wildman–Crippen LogP) is 2.60. The monoisotopic (exact) mass is 242 g/mol. The number of anilines is 1. The Morgan fingerprint density at radius 1 is 1.54 bits per heavy atom. The van der Waals surface area contributed by atoms with Crippen molar-refractivity contribution >= 4 is 21.6 Å². The molecule has 13 heavy (non-hydrogen) atoms. The van der Waals surface area contributed by atoms with Crippen molar-refractivity contribution in [1.82, 2.24) is 0 Å². The van der Waals surface area contributed by atoms with Crippen LogP contribution < -0.4 is 11.1 Å². The zero-order valence-electron chi connectivity index (χ0n) is 7.76. The number of rotatable bonds is 4. The van der Waals surface area contributed by atoms with Crippen molar-refractivity contribution in [2.75, 3.05) is 11.9 Å². The van der Waals surface area contributed by atoms with E-state index in [1.165, 1.54) is 0 Å². The molecule has 0 bridgehead atoms. The van der Waals surface area contributed by atoms with Gasteiger partial charge in [0.1, 0.15) is 0 Å². The molecule has 3 N–H and O–H groups in total. The molecular weight excluding hydrogens is 228 g/mol. The van der Waals surface area contributed by atoms with E-state index in [9.17, 15) is 0 Å². The predicted molar refractivity (Wildman–Crippen MR) is 60.9 cm³/mol. The minimum Gasteiger partial charge on any atom is -0.381 e. The summed E-state index contributed by atoms with van der Waals surface area (Å²) < 4.78 is 1.09. The van der Waals surface area contributed by atoms with Crippen LogP contribution in [0, 0.1) is 0 Å². The number of hydrogen-bond donors (Lipinski definition) is 2. The standard InChI is InChI=1S/C10H15BrN2/c1-2-9(7-12)13-10-5-3-4-8(11)6-10/h3-6,9,13H,2,7,12H2,1H3. The number of nitrogens with two attached hydrogens (primary N) is 1. The molecule has 0 spiro atoms. The second-order valence-electron chi connectivity index (χ2n) is 3.00. The zero-order chi connectivity index (χ0) is 9.68. The molecular formula is C10H15BrN2. The summed E-state index contributed by atoms with van der Waals surface area (Å²) in [6, 6.07) is 8.49. The number of nitrogens with one attached hydrogen (secondary N) is 1. The smallest absolute Gasteiger partial charge is 0.0381 e. The number of hydrogen-bond acceptors (Lipinski definition) is 2. The van der Waals surface area contributed by atoms with E-state index in [1.807, 2.05) is 18.2 Å². The molecule has 1 aromatic carbocycles. The first kappa shape index (κ1) is 10.5. The second-order valence-corrected chi connectivity index (χ2v) is 3.91. The Balaban J connectivity index is 2.62. The van der Waals surface area contributed by atoms with Crippen molar-refractivity contribution in [3.63, 3.8) is 0 Å². The average molecular weight is 243 g/mol. The van der Waals surface area contributed by atoms with Crippen LogP contribution >= 0.6 is 15.9 Å². The highest BCUT2D eigenvalue weighted by Crippen LogP contribution is 2.16. The van der Waals surface area contributed by atoms with Gasteiger partial charge in [-0.3, -0.25) is 0 Å². The molecule has 0 saturated heterocycles. The van der Waals surface area contributed by atoms with Crippen molar-refractivity contribution in [3.05, 3.63) is 28.7 Å². The van der Waals surface area contributed by atoms with Gasteiger partial charge in [-0.25, -0.2) is 0 Å². The molecule has 2 nitrogen and oxygen atoms in total. The van der Waals surface area contributed by atoms with E-state index < -0.39 is 0 Å². The lowest BCUT2D eigenvalue weighted by Crippen LogP contribution is -2.27. The molecule has 1 aromatic rings. The Kier molecular flexibility index (Phi) is 4.25. The van der Waals surface area contributed by atoms with Crippen LogP contribution in [0.2, 0.25) is 0 Å². The molecule has 72 valence electrons. The molecule has 0 aliphatic carbocycles. The van der Waals surface area contributed by atoms with E-state index in [2.05, 4.69) is 34.2 Å². The quantitative estimate of drug-likeness (QED) is 0.852. The van der Waals surface area contributed by atoms with Crippen molar-refractivity contribution < 1.29 is 0 Å². The van der Waals surface area contributed by atoms with Crippen LogP contribution in [0.5, 0.6) is 0 Å². The van der Waals surface area contributed by atoms with Gasteiger partial charge in [0.2, 0.25) is 0 Å². The van der Waals surface area contributed by atoms with Crippen LogP contribution in [-0.2, 0) is 0 Å². The molecule has 3 heteroatoms. The van der Waals surface area contributed by atoms with Gasteiger partial charge >= 0.3 is 0 Å². The zero-order valence-corrected chi connectivity index (χ0v) is 9.34. The average Bonchev–Trinajstić information content (AvgIpc) is 2.14. The van der Waals surface area contributed by atoms with Gasteiger partial charge in [0.05, 0.1) is 0 Å². The Morgan fingerprint density at radius 3 is 2.85 bits per heavy atom. The Labute approximate surface area is 87.6 Å². The third kappa shape index (κ3) is 3.36. The Bertz CT molecular complexity index is 259. The summed E-state index contributed by atoms with van der Waals surface area (Å²) in [5.41, 5.74) is 6.71. The maximum Gasteiger partial charge on any atom is 0.0381 e. The fourth-order valence-electron chi connectivity index (χ4n) is 1.14. The highest BCUT2D eigenvalue weighted by Gasteiger charge is 2.02. The highest BCUT2D eigenvalue weighted by atomic mass is 79.9. The summed E-state index contributed by atoms with van der Waals surface area (Å²) in [4.78, 5) is 0. The van der Waals surface area contributed by atoms with Crippen LogP contribution in [0.3, 0.4) is 0 Å². The molecule has 0 aromatic heterocycles. The van der Waals surface area contributed by atoms with E-state index in [0.717, 1.165) is 16.6 Å². The van der Waals surface area contributed by atoms with Crippen molar-refractivity contribution in [3.8, 4) is 0 Å². The van der Waals surface area contributed by atoms with Crippen LogP contribution in [0.4, 0.5) is 5.69 Å². The van der Waals surface area contributed by atoms with Crippen LogP contribution in [0.15, 0.2) is 28.7 Å². The van der Waals surface area contributed by atoms with Gasteiger partial charge < -0.3 is 11.1 Å². The van der Waals surface area contributed by atoms with Crippen molar-refractivity contribution in [1.29, 1.82) is 0 Å². The molecule has 1 atom stereocenters. The van der Waals surface area contributed by atoms with Crippen LogP contribution in [-0.4, -0.2) is 12.6 Å². The molecule has 0 radical (unpaired) electrons. The summed E-state index contributed by atoms with van der Waals surface area (Å²) in [7, 11) is 0. The lowest BCUT2D eigenvalue weighted by Gasteiger charge is -2.15. The summed E-state index contributed by atoms with van der Waals surface area (Å²) in [5.74, 6) is 0. The number of benzene rings is 1. The minimum absolute atomic E-state index is 0.370. The van der Waals surface area contributed by atoms with E-state index >= 15 is 0 Å². The molecule has 0 saturated carbocycles. The summed E-state index contributed by atoms with van der Waals surface area (Å²) in [6.07, 6.45) is 1.04. The molecule has 0 heterocycles. The topological polar surface area (TPSA) is 38.0 Å². The maximum atomic E-state index is 5.59. The fourth-order valence-corrected chi connectivity index (χ4v) is 1.54. The normalized spacial score (nSPS) is 12.5. The Morgan fingerprint density at radius 2 is 2.31 bits per heavy atom. The first-order valence-corrected chi connectivity index (χ1v) is 5.27. The van der Waals surface area contributed by atoms with Crippen molar-refractivity contribution in [2.45, 2.75) is 19.4 Å². The number of halogens is 1. The van der Waals surface area contributed by atoms with Crippen LogP contribution in [0.1, 0.15) is 13.3 Å². The molecule has 1 unspecified atom stereocenters. The third-order valence-electron chi connectivity index (χ3n) is 1.97. The fraction of sp³-hybridized carbons (Fsp3) is 0.400. The molecule has 0 amide bonds. The van der Waals surface area contributed by atoms with Gasteiger partial charge in [-0.2, -0.15) is 0 Å². The van der Waals surface area contributed by atoms with E-state index in [1.54, 1.807) is 0 Å². The molecule has 0 fully saturated rings. The highest BCUT2D eigenvalue weighted by molar-refractivity contribution is 9.10. The van der Waals surface area contributed by atoms with Gasteiger partial charge in [0.15, 0.2) is 0 Å². The van der Waals surface area contributed by atoms with Gasteiger partial charge in [-0.05, 0) is 24.6 Å². The Hall–Kier alpha value is -0.540. The van der Waals surface area contributed by atoms with Gasteiger partial charge in [-0.1, -0.05) is 28.9 Å². The third-order valence-corrected chi connectivity index (χ3v) is 2.47. The van der Waals surface area contributed by atoms with Crippen molar-refractivity contribution in [2.24, 2.45) is 5.73 Å². The molecule has 0 aliphatic heterocycles. The van der Waals surface area contributed by atoms with Gasteiger partial charge in [0, 0.05) is 22.7 Å². The lowest BCUT2D eigenvalue weighted by molar-refractivity contribution is 0.703. The second kappa shape index (κ2) is 5.25. The van der Waals surface area contributed by atoms with Gasteiger partial charge in [-0.15, -0.1) is 0 Å². The van der Waals surface area contributed by atoms with Crippen LogP contribution in [0.25, 0.3) is 0 Å². The summed E-state index contributed by atoms with van der Waals surface area (Å²) >= 11 is 3.42. The molecule has 0 aliphatic rings. The first-order valence-electron chi connectivity index (χ1n) is 4.48. The van der Waals surface area contributed by atoms with E-state index in [-0.39, 0.29) is 0 Å². The van der Waals surface area contributed by atoms with E-state index in [4.69, 9.17) is 5.73 Å². The summed E-state index contributed by atoms with van der Waals surface area (Å²) in [6.45, 7) is 2.80. The van der Waals surface area contributed by atoms with Gasteiger partial charge in [0.25, 0.3) is 0 Å². The SMILES string of the molecule is CCC(CN)Nc1cccc(Br)c1. The largest absolute Gasteiger partial charge is 0.381 e.